The molecule has 0 aliphatic carbocycles. The minimum absolute atomic E-state index is 0.178. The molecule has 2 atom stereocenters. The molecule has 0 unspecified atom stereocenters. The number of thioether (sulfide) groups is 1. The molecule has 0 fully saturated rings. The molecule has 2 N–H and O–H groups in total. The van der Waals surface area contributed by atoms with Gasteiger partial charge >= 0.3 is 5.97 Å². The number of benzene rings is 2. The minimum atomic E-state index is -1.17. The van der Waals surface area contributed by atoms with Crippen LogP contribution < -0.4 is 15.5 Å². The van der Waals surface area contributed by atoms with Crippen LogP contribution in [-0.2, 0) is 23.9 Å². The summed E-state index contributed by atoms with van der Waals surface area (Å²) in [6.45, 7) is 4.73. The van der Waals surface area contributed by atoms with Crippen LogP contribution in [0.25, 0.3) is 0 Å². The average molecular weight is 454 g/mol. The van der Waals surface area contributed by atoms with Gasteiger partial charge in [-0.1, -0.05) is 24.3 Å². The monoisotopic (exact) mass is 453 g/mol. The molecule has 32 heavy (non-hydrogen) atoms. The van der Waals surface area contributed by atoms with E-state index in [2.05, 4.69) is 10.6 Å². The molecule has 4 rings (SSSR count). The number of nitrogens with zero attached hydrogens (tertiary/aromatic N) is 1. The smallest absolute Gasteiger partial charge is 0.308 e. The topological polar surface area (TPSA) is 105 Å². The van der Waals surface area contributed by atoms with Crippen LogP contribution in [0.2, 0.25) is 0 Å². The molecular weight excluding hydrogens is 430 g/mol. The number of esters is 1. The Morgan fingerprint density at radius 3 is 2.47 bits per heavy atom. The van der Waals surface area contributed by atoms with E-state index in [1.54, 1.807) is 44.2 Å². The van der Waals surface area contributed by atoms with Gasteiger partial charge in [0, 0.05) is 4.90 Å². The van der Waals surface area contributed by atoms with Gasteiger partial charge in [0.05, 0.1) is 28.7 Å². The molecule has 2 aliphatic heterocycles. The molecular formula is C23H23N3O5S. The van der Waals surface area contributed by atoms with Gasteiger partial charge < -0.3 is 15.4 Å². The Bertz CT molecular complexity index is 1120. The number of rotatable bonds is 4. The standard InChI is InChI=1S/C23H23N3O5S/c1-13(21(29)26-16-10-6-4-8-14(16)25-22(30)23(26,2)3)31-19(27)12-18-20(28)24-15-9-5-7-11-17(15)32-18/h4-11,13,18H,12H2,1-3H3,(H,24,28)(H,25,30)/t13-,18+/m0/s1. The number of ether oxygens (including phenoxy) is 1. The SMILES string of the molecule is C[C@H](OC(=O)C[C@H]1Sc2ccccc2NC1=O)C(=O)N1c2ccccc2NC(=O)C1(C)C. The quantitative estimate of drug-likeness (QED) is 0.689. The molecule has 0 saturated carbocycles. The van der Waals surface area contributed by atoms with Gasteiger partial charge in [-0.25, -0.2) is 0 Å². The Kier molecular flexibility index (Phi) is 5.68. The summed E-state index contributed by atoms with van der Waals surface area (Å²) in [5.41, 5.74) is 0.580. The Hall–Kier alpha value is -3.33. The fraction of sp³-hybridized carbons (Fsp3) is 0.304. The number of carbonyl (C=O) groups excluding carboxylic acids is 4. The maximum atomic E-state index is 13.3. The highest BCUT2D eigenvalue weighted by atomic mass is 32.2. The Morgan fingerprint density at radius 1 is 1.06 bits per heavy atom. The van der Waals surface area contributed by atoms with E-state index in [0.29, 0.717) is 17.1 Å². The summed E-state index contributed by atoms with van der Waals surface area (Å²) in [5, 5.41) is 4.92. The predicted molar refractivity (Wildman–Crippen MR) is 122 cm³/mol. The summed E-state index contributed by atoms with van der Waals surface area (Å²) in [6.07, 6.45) is -1.31. The van der Waals surface area contributed by atoms with Crippen LogP contribution in [-0.4, -0.2) is 40.6 Å². The lowest BCUT2D eigenvalue weighted by molar-refractivity contribution is -0.154. The second-order valence-corrected chi connectivity index (χ2v) is 9.38. The largest absolute Gasteiger partial charge is 0.452 e. The zero-order valence-electron chi connectivity index (χ0n) is 17.9. The Balaban J connectivity index is 1.46. The maximum absolute atomic E-state index is 13.3. The van der Waals surface area contributed by atoms with Crippen molar-refractivity contribution in [3.63, 3.8) is 0 Å². The summed E-state index contributed by atoms with van der Waals surface area (Å²) in [4.78, 5) is 53.0. The zero-order chi connectivity index (χ0) is 23.0. The molecule has 166 valence electrons. The van der Waals surface area contributed by atoms with Crippen LogP contribution in [0, 0.1) is 0 Å². The van der Waals surface area contributed by atoms with Gasteiger partial charge in [-0.3, -0.25) is 24.1 Å². The van der Waals surface area contributed by atoms with E-state index in [-0.39, 0.29) is 18.2 Å². The number of amides is 3. The van der Waals surface area contributed by atoms with E-state index in [1.807, 2.05) is 18.2 Å². The number of anilines is 3. The van der Waals surface area contributed by atoms with Gasteiger partial charge in [0.15, 0.2) is 6.10 Å². The first kappa shape index (κ1) is 21.9. The second kappa shape index (κ2) is 8.31. The van der Waals surface area contributed by atoms with E-state index < -0.39 is 28.8 Å². The van der Waals surface area contributed by atoms with Crippen LogP contribution >= 0.6 is 11.8 Å². The average Bonchev–Trinajstić information content (AvgIpc) is 2.74. The molecule has 2 heterocycles. The summed E-state index contributed by atoms with van der Waals surface area (Å²) >= 11 is 1.29. The van der Waals surface area contributed by atoms with Crippen LogP contribution in [0.1, 0.15) is 27.2 Å². The molecule has 0 radical (unpaired) electrons. The summed E-state index contributed by atoms with van der Waals surface area (Å²) in [5.74, 6) is -1.80. The molecule has 0 spiro atoms. The number of nitrogens with one attached hydrogen (secondary N) is 2. The number of fused-ring (bicyclic) bond motifs is 2. The molecule has 2 aromatic carbocycles. The Labute approximate surface area is 189 Å². The minimum Gasteiger partial charge on any atom is -0.452 e. The van der Waals surface area contributed by atoms with Crippen molar-refractivity contribution in [2.75, 3.05) is 15.5 Å². The van der Waals surface area contributed by atoms with E-state index in [9.17, 15) is 19.2 Å². The highest BCUT2D eigenvalue weighted by Crippen LogP contribution is 2.38. The second-order valence-electron chi connectivity index (χ2n) is 8.13. The van der Waals surface area contributed by atoms with Gasteiger partial charge in [-0.15, -0.1) is 11.8 Å². The molecule has 2 aliphatic rings. The highest BCUT2D eigenvalue weighted by Gasteiger charge is 2.45. The van der Waals surface area contributed by atoms with Crippen molar-refractivity contribution < 1.29 is 23.9 Å². The maximum Gasteiger partial charge on any atom is 0.308 e. The lowest BCUT2D eigenvalue weighted by Crippen LogP contribution is -2.60. The lowest BCUT2D eigenvalue weighted by Gasteiger charge is -2.42. The molecule has 0 bridgehead atoms. The molecule has 2 aromatic rings. The number of hydrogen-bond acceptors (Lipinski definition) is 6. The first-order chi connectivity index (χ1) is 15.2. The molecule has 0 saturated heterocycles. The fourth-order valence-electron chi connectivity index (χ4n) is 3.70. The first-order valence-electron chi connectivity index (χ1n) is 10.2. The molecule has 3 amide bonds. The number of para-hydroxylation sites is 3. The highest BCUT2D eigenvalue weighted by molar-refractivity contribution is 8.01. The van der Waals surface area contributed by atoms with Gasteiger partial charge in [0.1, 0.15) is 5.54 Å². The van der Waals surface area contributed by atoms with Crippen LogP contribution in [0.15, 0.2) is 53.4 Å². The van der Waals surface area contributed by atoms with Crippen molar-refractivity contribution in [2.45, 2.75) is 49.0 Å². The molecule has 0 aromatic heterocycles. The van der Waals surface area contributed by atoms with Gasteiger partial charge in [-0.05, 0) is 45.0 Å². The van der Waals surface area contributed by atoms with E-state index in [0.717, 1.165) is 4.90 Å². The summed E-state index contributed by atoms with van der Waals surface area (Å²) < 4.78 is 5.39. The molecule has 8 nitrogen and oxygen atoms in total. The van der Waals surface area contributed by atoms with Gasteiger partial charge in [0.2, 0.25) is 11.8 Å². The third-order valence-corrected chi connectivity index (χ3v) is 6.72. The number of hydrogen-bond donors (Lipinski definition) is 2. The number of carbonyl (C=O) groups is 4. The normalized spacial score (nSPS) is 19.7. The van der Waals surface area contributed by atoms with Gasteiger partial charge in [-0.2, -0.15) is 0 Å². The van der Waals surface area contributed by atoms with E-state index >= 15 is 0 Å². The third kappa shape index (κ3) is 3.95. The van der Waals surface area contributed by atoms with Crippen molar-refractivity contribution in [3.05, 3.63) is 48.5 Å². The van der Waals surface area contributed by atoms with Gasteiger partial charge in [0.25, 0.3) is 5.91 Å². The summed E-state index contributed by atoms with van der Waals surface area (Å²) in [6, 6.07) is 14.3. The molecule has 9 heteroatoms. The third-order valence-electron chi connectivity index (χ3n) is 5.44. The fourth-order valence-corrected chi connectivity index (χ4v) is 4.80. The lowest BCUT2D eigenvalue weighted by atomic mass is 9.95. The van der Waals surface area contributed by atoms with Crippen molar-refractivity contribution in [2.24, 2.45) is 0 Å². The van der Waals surface area contributed by atoms with E-state index in [4.69, 9.17) is 4.74 Å². The first-order valence-corrected chi connectivity index (χ1v) is 11.1. The van der Waals surface area contributed by atoms with E-state index in [1.165, 1.54) is 23.6 Å². The van der Waals surface area contributed by atoms with Crippen LogP contribution in [0.4, 0.5) is 17.1 Å². The van der Waals surface area contributed by atoms with Crippen LogP contribution in [0.5, 0.6) is 0 Å². The Morgan fingerprint density at radius 2 is 1.72 bits per heavy atom. The van der Waals surface area contributed by atoms with Crippen molar-refractivity contribution in [3.8, 4) is 0 Å². The predicted octanol–water partition coefficient (Wildman–Crippen LogP) is 3.19. The van der Waals surface area contributed by atoms with Crippen molar-refractivity contribution in [1.82, 2.24) is 0 Å². The summed E-state index contributed by atoms with van der Waals surface area (Å²) in [7, 11) is 0. The zero-order valence-corrected chi connectivity index (χ0v) is 18.7. The van der Waals surface area contributed by atoms with Crippen LogP contribution in [0.3, 0.4) is 0 Å². The van der Waals surface area contributed by atoms with Crippen molar-refractivity contribution >= 4 is 52.5 Å². The van der Waals surface area contributed by atoms with Crippen molar-refractivity contribution in [1.29, 1.82) is 0 Å².